The average molecular weight is 491 g/mol. The SMILES string of the molecule is CCn1c(C(C)NS(=O)(=O)c2cccc(C(=O)c3ccncc3)c2)cnc1Oc1ccc(C)cc1. The summed E-state index contributed by atoms with van der Waals surface area (Å²) in [4.78, 5) is 21.0. The first kappa shape index (κ1) is 24.3. The molecule has 0 spiro atoms. The highest BCUT2D eigenvalue weighted by Crippen LogP contribution is 2.26. The number of sulfonamides is 1. The molecule has 0 radical (unpaired) electrons. The Morgan fingerprint density at radius 3 is 2.46 bits per heavy atom. The number of pyridine rings is 1. The van der Waals surface area contributed by atoms with E-state index >= 15 is 0 Å². The monoisotopic (exact) mass is 490 g/mol. The number of nitrogens with one attached hydrogen (secondary N) is 1. The molecule has 9 heteroatoms. The highest BCUT2D eigenvalue weighted by Gasteiger charge is 2.23. The molecule has 0 amide bonds. The summed E-state index contributed by atoms with van der Waals surface area (Å²) >= 11 is 0. The molecular weight excluding hydrogens is 464 g/mol. The van der Waals surface area contributed by atoms with Gasteiger partial charge in [-0.05, 0) is 57.2 Å². The molecule has 35 heavy (non-hydrogen) atoms. The number of benzene rings is 2. The van der Waals surface area contributed by atoms with Crippen molar-refractivity contribution < 1.29 is 17.9 Å². The smallest absolute Gasteiger partial charge is 0.302 e. The maximum Gasteiger partial charge on any atom is 0.302 e. The van der Waals surface area contributed by atoms with Gasteiger partial charge in [0.25, 0.3) is 0 Å². The Bertz CT molecular complexity index is 1430. The largest absolute Gasteiger partial charge is 0.426 e. The number of aromatic nitrogens is 3. The van der Waals surface area contributed by atoms with Crippen molar-refractivity contribution in [2.75, 3.05) is 0 Å². The number of imidazole rings is 1. The lowest BCUT2D eigenvalue weighted by Crippen LogP contribution is -2.28. The highest BCUT2D eigenvalue weighted by atomic mass is 32.2. The van der Waals surface area contributed by atoms with E-state index in [-0.39, 0.29) is 16.2 Å². The van der Waals surface area contributed by atoms with Crippen molar-refractivity contribution in [2.45, 2.75) is 38.3 Å². The number of hydrogen-bond donors (Lipinski definition) is 1. The summed E-state index contributed by atoms with van der Waals surface area (Å²) in [6.45, 7) is 6.21. The van der Waals surface area contributed by atoms with E-state index in [0.717, 1.165) is 5.56 Å². The zero-order chi connectivity index (χ0) is 25.0. The van der Waals surface area contributed by atoms with Crippen LogP contribution in [0.15, 0.2) is 84.1 Å². The second kappa shape index (κ2) is 10.2. The minimum atomic E-state index is -3.92. The van der Waals surface area contributed by atoms with Crippen LogP contribution in [0.1, 0.15) is 47.1 Å². The van der Waals surface area contributed by atoms with E-state index in [9.17, 15) is 13.2 Å². The molecule has 4 rings (SSSR count). The van der Waals surface area contributed by atoms with E-state index in [1.54, 1.807) is 37.4 Å². The van der Waals surface area contributed by atoms with Gasteiger partial charge < -0.3 is 4.74 Å². The topological polar surface area (TPSA) is 103 Å². The van der Waals surface area contributed by atoms with Crippen LogP contribution in [0, 0.1) is 6.92 Å². The number of ketones is 1. The van der Waals surface area contributed by atoms with Crippen LogP contribution in [-0.4, -0.2) is 28.7 Å². The molecule has 1 atom stereocenters. The third-order valence-corrected chi connectivity index (χ3v) is 7.06. The lowest BCUT2D eigenvalue weighted by Gasteiger charge is -2.17. The Hall–Kier alpha value is -3.82. The molecule has 2 aromatic heterocycles. The van der Waals surface area contributed by atoms with Crippen LogP contribution < -0.4 is 9.46 Å². The molecule has 0 aliphatic heterocycles. The number of rotatable bonds is 9. The molecule has 1 unspecified atom stereocenters. The molecule has 0 saturated heterocycles. The van der Waals surface area contributed by atoms with Gasteiger partial charge >= 0.3 is 6.01 Å². The molecule has 0 fully saturated rings. The number of nitrogens with zero attached hydrogens (tertiary/aromatic N) is 3. The minimum Gasteiger partial charge on any atom is -0.426 e. The summed E-state index contributed by atoms with van der Waals surface area (Å²) in [5, 5.41) is 0. The molecular formula is C26H26N4O4S. The van der Waals surface area contributed by atoms with Gasteiger partial charge in [-0.25, -0.2) is 18.1 Å². The first-order valence-electron chi connectivity index (χ1n) is 11.2. The van der Waals surface area contributed by atoms with E-state index in [1.807, 2.05) is 42.7 Å². The Labute approximate surface area is 204 Å². The molecule has 0 bridgehead atoms. The quantitative estimate of drug-likeness (QED) is 0.342. The van der Waals surface area contributed by atoms with Crippen molar-refractivity contribution >= 4 is 15.8 Å². The molecule has 2 aromatic carbocycles. The van der Waals surface area contributed by atoms with Crippen LogP contribution in [0.25, 0.3) is 0 Å². The van der Waals surface area contributed by atoms with Crippen LogP contribution in [0.5, 0.6) is 11.8 Å². The summed E-state index contributed by atoms with van der Waals surface area (Å²) in [6, 6.07) is 16.5. The lowest BCUT2D eigenvalue weighted by molar-refractivity contribution is 0.103. The van der Waals surface area contributed by atoms with Gasteiger partial charge in [0.1, 0.15) is 5.75 Å². The summed E-state index contributed by atoms with van der Waals surface area (Å²) in [6.07, 6.45) is 4.64. The highest BCUT2D eigenvalue weighted by molar-refractivity contribution is 7.89. The van der Waals surface area contributed by atoms with Crippen molar-refractivity contribution in [3.05, 3.63) is 102 Å². The van der Waals surface area contributed by atoms with E-state index in [2.05, 4.69) is 14.7 Å². The van der Waals surface area contributed by atoms with Crippen molar-refractivity contribution in [1.82, 2.24) is 19.3 Å². The predicted octanol–water partition coefficient (Wildman–Crippen LogP) is 4.67. The fraction of sp³-hybridized carbons (Fsp3) is 0.192. The van der Waals surface area contributed by atoms with Gasteiger partial charge in [-0.15, -0.1) is 0 Å². The number of ether oxygens (including phenoxy) is 1. The fourth-order valence-corrected chi connectivity index (χ4v) is 4.93. The molecule has 0 aliphatic rings. The van der Waals surface area contributed by atoms with Crippen molar-refractivity contribution in [1.29, 1.82) is 0 Å². The first-order chi connectivity index (χ1) is 16.8. The number of aryl methyl sites for hydroxylation is 1. The Morgan fingerprint density at radius 1 is 1.06 bits per heavy atom. The first-order valence-corrected chi connectivity index (χ1v) is 12.6. The van der Waals surface area contributed by atoms with Crippen LogP contribution >= 0.6 is 0 Å². The van der Waals surface area contributed by atoms with Gasteiger partial charge in [0.2, 0.25) is 10.0 Å². The summed E-state index contributed by atoms with van der Waals surface area (Å²) in [5.41, 5.74) is 2.48. The van der Waals surface area contributed by atoms with Crippen molar-refractivity contribution in [3.8, 4) is 11.8 Å². The van der Waals surface area contributed by atoms with Crippen molar-refractivity contribution in [3.63, 3.8) is 0 Å². The Kier molecular flexibility index (Phi) is 7.09. The minimum absolute atomic E-state index is 0.00273. The molecule has 0 saturated carbocycles. The maximum absolute atomic E-state index is 13.2. The number of carbonyl (C=O) groups excluding carboxylic acids is 1. The fourth-order valence-electron chi connectivity index (χ4n) is 3.66. The third-order valence-electron chi connectivity index (χ3n) is 5.52. The second-order valence-electron chi connectivity index (χ2n) is 8.06. The van der Waals surface area contributed by atoms with Crippen LogP contribution in [0.2, 0.25) is 0 Å². The zero-order valence-electron chi connectivity index (χ0n) is 19.7. The molecule has 4 aromatic rings. The predicted molar refractivity (Wildman–Crippen MR) is 132 cm³/mol. The molecule has 2 heterocycles. The van der Waals surface area contributed by atoms with Gasteiger partial charge in [-0.3, -0.25) is 14.3 Å². The summed E-state index contributed by atoms with van der Waals surface area (Å²) in [7, 11) is -3.92. The van der Waals surface area contributed by atoms with Crippen LogP contribution in [0.3, 0.4) is 0 Å². The summed E-state index contributed by atoms with van der Waals surface area (Å²) in [5.74, 6) is 0.366. The molecule has 1 N–H and O–H groups in total. The van der Waals surface area contributed by atoms with E-state index in [0.29, 0.717) is 29.6 Å². The second-order valence-corrected chi connectivity index (χ2v) is 9.77. The van der Waals surface area contributed by atoms with Crippen molar-refractivity contribution in [2.24, 2.45) is 0 Å². The summed E-state index contributed by atoms with van der Waals surface area (Å²) < 4.78 is 36.7. The number of carbonyl (C=O) groups is 1. The van der Waals surface area contributed by atoms with Crippen LogP contribution in [-0.2, 0) is 16.6 Å². The maximum atomic E-state index is 13.2. The van der Waals surface area contributed by atoms with E-state index < -0.39 is 16.1 Å². The third kappa shape index (κ3) is 5.47. The zero-order valence-corrected chi connectivity index (χ0v) is 20.5. The van der Waals surface area contributed by atoms with Gasteiger partial charge in [0.15, 0.2) is 5.78 Å². The normalized spacial score (nSPS) is 12.3. The van der Waals surface area contributed by atoms with Gasteiger partial charge in [0.05, 0.1) is 22.8 Å². The van der Waals surface area contributed by atoms with Gasteiger partial charge in [0, 0.05) is 30.1 Å². The Balaban J connectivity index is 1.55. The standard InChI is InChI=1S/C26H26N4O4S/c1-4-30-24(17-28-26(30)34-22-10-8-18(2)9-11-22)19(3)29-35(32,33)23-7-5-6-21(16-23)25(31)20-12-14-27-15-13-20/h5-17,19,29H,4H2,1-3H3. The molecule has 0 aliphatic carbocycles. The Morgan fingerprint density at radius 2 is 1.77 bits per heavy atom. The van der Waals surface area contributed by atoms with Crippen LogP contribution in [0.4, 0.5) is 0 Å². The van der Waals surface area contributed by atoms with Gasteiger partial charge in [-0.1, -0.05) is 29.8 Å². The number of hydrogen-bond acceptors (Lipinski definition) is 6. The molecule has 180 valence electrons. The average Bonchev–Trinajstić information content (AvgIpc) is 3.28. The van der Waals surface area contributed by atoms with Gasteiger partial charge in [-0.2, -0.15) is 0 Å². The van der Waals surface area contributed by atoms with E-state index in [1.165, 1.54) is 24.5 Å². The molecule has 8 nitrogen and oxygen atoms in total. The van der Waals surface area contributed by atoms with E-state index in [4.69, 9.17) is 4.74 Å². The lowest BCUT2D eigenvalue weighted by atomic mass is 10.1.